The number of ether oxygens (including phenoxy) is 3. The largest absolute Gasteiger partial charge is 0.573 e. The van der Waals surface area contributed by atoms with Crippen molar-refractivity contribution in [1.29, 1.82) is 0 Å². The number of nitrogens with one attached hydrogen (secondary N) is 1. The van der Waals surface area contributed by atoms with Crippen LogP contribution in [0.25, 0.3) is 0 Å². The quantitative estimate of drug-likeness (QED) is 0.537. The lowest BCUT2D eigenvalue weighted by Gasteiger charge is -2.34. The Bertz CT molecular complexity index is 803. The molecule has 0 spiro atoms. The lowest BCUT2D eigenvalue weighted by molar-refractivity contribution is -0.303. The molecule has 32 heavy (non-hydrogen) atoms. The van der Waals surface area contributed by atoms with Crippen LogP contribution >= 0.6 is 0 Å². The van der Waals surface area contributed by atoms with E-state index in [1.165, 1.54) is 17.1 Å². The number of fused-ring (bicyclic) bond motifs is 2. The number of rotatable bonds is 9. The van der Waals surface area contributed by atoms with Crippen molar-refractivity contribution in [2.24, 2.45) is 0 Å². The van der Waals surface area contributed by atoms with Crippen molar-refractivity contribution in [2.45, 2.75) is 25.7 Å². The summed E-state index contributed by atoms with van der Waals surface area (Å²) in [5.41, 5.74) is 1.81. The summed E-state index contributed by atoms with van der Waals surface area (Å²) in [6.45, 7) is 6.21. The van der Waals surface area contributed by atoms with Gasteiger partial charge in [0.25, 0.3) is 5.91 Å². The van der Waals surface area contributed by atoms with E-state index in [2.05, 4.69) is 15.0 Å². The number of halogens is 3. The fraction of sp³-hybridized carbons (Fsp3) is 0.591. The Labute approximate surface area is 186 Å². The Balaban J connectivity index is 1.86. The molecule has 0 radical (unpaired) electrons. The predicted octanol–water partition coefficient (Wildman–Crippen LogP) is 2.35. The normalized spacial score (nSPS) is 22.5. The molecule has 1 amide bonds. The van der Waals surface area contributed by atoms with Crippen molar-refractivity contribution in [2.75, 3.05) is 59.7 Å². The fourth-order valence-corrected chi connectivity index (χ4v) is 4.03. The van der Waals surface area contributed by atoms with Gasteiger partial charge in [0, 0.05) is 76.2 Å². The molecule has 2 heterocycles. The molecule has 0 aromatic carbocycles. The second-order valence-corrected chi connectivity index (χ2v) is 7.84. The summed E-state index contributed by atoms with van der Waals surface area (Å²) in [6, 6.07) is 0.179. The van der Waals surface area contributed by atoms with Crippen molar-refractivity contribution in [3.63, 3.8) is 0 Å². The number of amides is 1. The number of alkyl halides is 3. The Kier molecular flexibility index (Phi) is 8.52. The summed E-state index contributed by atoms with van der Waals surface area (Å²) in [5, 5.41) is 3.39. The molecule has 0 aromatic heterocycles. The minimum Gasteiger partial charge on any atom is -0.406 e. The number of hydrogen-bond acceptors (Lipinski definition) is 6. The Hall–Kier alpha value is -2.14. The van der Waals surface area contributed by atoms with Crippen molar-refractivity contribution >= 4 is 5.91 Å². The maximum absolute atomic E-state index is 13.5. The van der Waals surface area contributed by atoms with E-state index in [1.807, 2.05) is 6.92 Å². The number of piperazine rings is 1. The summed E-state index contributed by atoms with van der Waals surface area (Å²) in [7, 11) is 1.65. The Morgan fingerprint density at radius 2 is 2.06 bits per heavy atom. The Morgan fingerprint density at radius 1 is 1.25 bits per heavy atom. The van der Waals surface area contributed by atoms with Crippen LogP contribution in [0, 0.1) is 0 Å². The molecule has 1 N–H and O–H groups in total. The van der Waals surface area contributed by atoms with Gasteiger partial charge >= 0.3 is 6.36 Å². The Morgan fingerprint density at radius 3 is 2.78 bits per heavy atom. The molecule has 1 saturated heterocycles. The van der Waals surface area contributed by atoms with Crippen LogP contribution in [0.3, 0.4) is 0 Å². The van der Waals surface area contributed by atoms with Crippen LogP contribution in [0.1, 0.15) is 13.3 Å². The van der Waals surface area contributed by atoms with E-state index in [4.69, 9.17) is 9.47 Å². The number of carbonyl (C=O) groups is 1. The molecule has 10 heteroatoms. The van der Waals surface area contributed by atoms with Gasteiger partial charge in [0.1, 0.15) is 5.76 Å². The second kappa shape index (κ2) is 11.1. The number of hydrogen-bond donors (Lipinski definition) is 1. The monoisotopic (exact) mass is 457 g/mol. The smallest absolute Gasteiger partial charge is 0.406 e. The third-order valence-electron chi connectivity index (χ3n) is 5.38. The van der Waals surface area contributed by atoms with Gasteiger partial charge in [-0.3, -0.25) is 9.69 Å². The standard InChI is InChI=1S/C22H30F3N3O4/c1-3-31-9-8-28-19-11-16(4-5-20(12-19)32-22(23,24)25)10-17(21(28)29)13-27-7-6-26-18(14-27)15-30-2/h4-5,10,12,18,26H,3,6-9,11,13-15H2,1-2H3. The zero-order valence-corrected chi connectivity index (χ0v) is 18.4. The molecular weight excluding hydrogens is 427 g/mol. The molecule has 1 aliphatic carbocycles. The van der Waals surface area contributed by atoms with Gasteiger partial charge in [-0.1, -0.05) is 6.08 Å². The van der Waals surface area contributed by atoms with Crippen LogP contribution in [-0.4, -0.2) is 87.8 Å². The van der Waals surface area contributed by atoms with Crippen molar-refractivity contribution in [3.05, 3.63) is 46.9 Å². The molecule has 0 saturated carbocycles. The summed E-state index contributed by atoms with van der Waals surface area (Å²) in [4.78, 5) is 17.2. The van der Waals surface area contributed by atoms with Crippen molar-refractivity contribution < 1.29 is 32.2 Å². The number of nitrogens with zero attached hydrogens (tertiary/aromatic N) is 2. The SMILES string of the molecule is CCOCCN1C(=O)C(CN2CCNC(COC)C2)=CC2=CC=C(OC(F)(F)F)C=C1C2. The molecule has 3 aliphatic rings. The molecule has 178 valence electrons. The lowest BCUT2D eigenvalue weighted by Crippen LogP contribution is -2.53. The van der Waals surface area contributed by atoms with E-state index in [-0.39, 0.29) is 30.9 Å². The first-order chi connectivity index (χ1) is 15.3. The van der Waals surface area contributed by atoms with Gasteiger partial charge in [-0.2, -0.15) is 0 Å². The first kappa shape index (κ1) is 24.5. The van der Waals surface area contributed by atoms with E-state index < -0.39 is 6.36 Å². The molecular formula is C22H30F3N3O4. The van der Waals surface area contributed by atoms with Gasteiger partial charge in [0.2, 0.25) is 0 Å². The zero-order valence-electron chi connectivity index (χ0n) is 18.4. The van der Waals surface area contributed by atoms with Gasteiger partial charge in [0.05, 0.1) is 13.2 Å². The number of methoxy groups -OCH3 is 1. The summed E-state index contributed by atoms with van der Waals surface area (Å²) in [5.74, 6) is -0.576. The molecule has 1 atom stereocenters. The molecule has 2 aliphatic heterocycles. The number of allylic oxidation sites excluding steroid dienone is 5. The van der Waals surface area contributed by atoms with Gasteiger partial charge < -0.3 is 24.4 Å². The highest BCUT2D eigenvalue weighted by molar-refractivity contribution is 5.96. The van der Waals surface area contributed by atoms with Crippen LogP contribution in [0.4, 0.5) is 13.2 Å². The average Bonchev–Trinajstić information content (AvgIpc) is 2.98. The third-order valence-corrected chi connectivity index (χ3v) is 5.38. The lowest BCUT2D eigenvalue weighted by atomic mass is 10.1. The topological polar surface area (TPSA) is 63.3 Å². The van der Waals surface area contributed by atoms with E-state index in [0.717, 1.165) is 25.2 Å². The minimum atomic E-state index is -4.81. The molecule has 3 rings (SSSR count). The van der Waals surface area contributed by atoms with Gasteiger partial charge in [0.15, 0.2) is 0 Å². The molecule has 7 nitrogen and oxygen atoms in total. The van der Waals surface area contributed by atoms with Crippen LogP contribution in [0.5, 0.6) is 0 Å². The van der Waals surface area contributed by atoms with Crippen LogP contribution in [0.2, 0.25) is 0 Å². The third kappa shape index (κ3) is 6.93. The molecule has 2 bridgehead atoms. The highest BCUT2D eigenvalue weighted by Crippen LogP contribution is 2.31. The zero-order chi connectivity index (χ0) is 23.1. The highest BCUT2D eigenvalue weighted by atomic mass is 19.4. The second-order valence-electron chi connectivity index (χ2n) is 7.84. The van der Waals surface area contributed by atoms with Crippen molar-refractivity contribution in [3.8, 4) is 0 Å². The van der Waals surface area contributed by atoms with Gasteiger partial charge in [-0.15, -0.1) is 13.2 Å². The van der Waals surface area contributed by atoms with Gasteiger partial charge in [-0.05, 0) is 24.6 Å². The first-order valence-electron chi connectivity index (χ1n) is 10.7. The van der Waals surface area contributed by atoms with Crippen LogP contribution < -0.4 is 5.32 Å². The maximum atomic E-state index is 13.5. The average molecular weight is 457 g/mol. The van der Waals surface area contributed by atoms with E-state index in [9.17, 15) is 18.0 Å². The highest BCUT2D eigenvalue weighted by Gasteiger charge is 2.34. The van der Waals surface area contributed by atoms with Crippen LogP contribution in [0.15, 0.2) is 46.9 Å². The van der Waals surface area contributed by atoms with Crippen molar-refractivity contribution in [1.82, 2.24) is 15.1 Å². The minimum absolute atomic E-state index is 0.179. The van der Waals surface area contributed by atoms with E-state index >= 15 is 0 Å². The molecule has 1 fully saturated rings. The van der Waals surface area contributed by atoms with Crippen LogP contribution in [-0.2, 0) is 19.0 Å². The summed E-state index contributed by atoms with van der Waals surface area (Å²) in [6.07, 6.45) is 1.47. The van der Waals surface area contributed by atoms with E-state index in [0.29, 0.717) is 37.4 Å². The molecule has 1 unspecified atom stereocenters. The van der Waals surface area contributed by atoms with E-state index in [1.54, 1.807) is 19.3 Å². The maximum Gasteiger partial charge on any atom is 0.573 e. The summed E-state index contributed by atoms with van der Waals surface area (Å²) < 4.78 is 53.1. The number of carbonyl (C=O) groups excluding carboxylic acids is 1. The fourth-order valence-electron chi connectivity index (χ4n) is 4.03. The molecule has 0 aromatic rings. The predicted molar refractivity (Wildman–Crippen MR) is 112 cm³/mol. The van der Waals surface area contributed by atoms with Gasteiger partial charge in [-0.25, -0.2) is 0 Å². The first-order valence-corrected chi connectivity index (χ1v) is 10.7. The summed E-state index contributed by atoms with van der Waals surface area (Å²) >= 11 is 0.